The number of hydrogen-bond donors (Lipinski definition) is 2. The van der Waals surface area contributed by atoms with E-state index in [1.165, 1.54) is 0 Å². The average Bonchev–Trinajstić information content (AvgIpc) is 3.06. The van der Waals surface area contributed by atoms with E-state index in [2.05, 4.69) is 0 Å². The van der Waals surface area contributed by atoms with Gasteiger partial charge >= 0.3 is 0 Å². The van der Waals surface area contributed by atoms with E-state index in [9.17, 15) is 9.90 Å². The summed E-state index contributed by atoms with van der Waals surface area (Å²) in [4.78, 5) is 14.6. The fraction of sp³-hybridized carbons (Fsp3) is 0.350. The molecule has 1 aliphatic rings. The molecule has 1 heterocycles. The molecule has 0 radical (unpaired) electrons. The Kier molecular flexibility index (Phi) is 6.85. The molecular formula is C20H25ClN2O2. The molecule has 0 saturated carbocycles. The number of nitrogen functional groups attached to an aromatic ring is 1. The molecule has 2 aromatic carbocycles. The van der Waals surface area contributed by atoms with Gasteiger partial charge in [-0.25, -0.2) is 0 Å². The van der Waals surface area contributed by atoms with Crippen molar-refractivity contribution in [1.29, 1.82) is 0 Å². The van der Waals surface area contributed by atoms with Gasteiger partial charge in [-0.1, -0.05) is 48.5 Å². The predicted molar refractivity (Wildman–Crippen MR) is 103 cm³/mol. The average molecular weight is 361 g/mol. The number of halogens is 1. The van der Waals surface area contributed by atoms with E-state index < -0.39 is 6.10 Å². The van der Waals surface area contributed by atoms with Crippen molar-refractivity contribution >= 4 is 24.0 Å². The molecule has 1 aliphatic heterocycles. The summed E-state index contributed by atoms with van der Waals surface area (Å²) in [5.41, 5.74) is 8.39. The van der Waals surface area contributed by atoms with Crippen LogP contribution in [0.15, 0.2) is 54.6 Å². The van der Waals surface area contributed by atoms with Gasteiger partial charge in [-0.05, 0) is 36.5 Å². The van der Waals surface area contributed by atoms with Gasteiger partial charge in [-0.3, -0.25) is 4.79 Å². The van der Waals surface area contributed by atoms with Crippen LogP contribution < -0.4 is 5.73 Å². The number of nitrogens with two attached hydrogens (primary N) is 1. The molecule has 134 valence electrons. The zero-order chi connectivity index (χ0) is 16.9. The Hall–Kier alpha value is -2.04. The summed E-state index contributed by atoms with van der Waals surface area (Å²) in [7, 11) is 0. The molecule has 1 fully saturated rings. The van der Waals surface area contributed by atoms with Gasteiger partial charge in [0.2, 0.25) is 5.91 Å². The number of rotatable bonds is 5. The second kappa shape index (κ2) is 8.88. The van der Waals surface area contributed by atoms with E-state index in [1.807, 2.05) is 59.5 Å². The lowest BCUT2D eigenvalue weighted by atomic mass is 10.00. The number of aliphatic hydroxyl groups excluding tert-OH is 1. The summed E-state index contributed by atoms with van der Waals surface area (Å²) in [6, 6.07) is 17.2. The maximum Gasteiger partial charge on any atom is 0.227 e. The molecule has 25 heavy (non-hydrogen) atoms. The van der Waals surface area contributed by atoms with Gasteiger partial charge < -0.3 is 15.7 Å². The molecular weight excluding hydrogens is 336 g/mol. The van der Waals surface area contributed by atoms with E-state index in [0.717, 1.165) is 30.5 Å². The first kappa shape index (κ1) is 19.3. The highest BCUT2D eigenvalue weighted by Gasteiger charge is 2.30. The molecule has 4 nitrogen and oxygen atoms in total. The third-order valence-electron chi connectivity index (χ3n) is 4.77. The minimum absolute atomic E-state index is 0. The van der Waals surface area contributed by atoms with Crippen molar-refractivity contribution in [2.45, 2.75) is 37.8 Å². The maximum absolute atomic E-state index is 12.7. The second-order valence-electron chi connectivity index (χ2n) is 6.42. The summed E-state index contributed by atoms with van der Waals surface area (Å²) in [6.07, 6.45) is 2.30. The summed E-state index contributed by atoms with van der Waals surface area (Å²) in [5.74, 6) is 0.0932. The SMILES string of the molecule is Cl.Nc1ccccc1CC(=O)N1CCCC1CC(O)c1ccccc1. The van der Waals surface area contributed by atoms with Crippen LogP contribution in [0.5, 0.6) is 0 Å². The van der Waals surface area contributed by atoms with Crippen molar-refractivity contribution in [3.63, 3.8) is 0 Å². The Balaban J connectivity index is 0.00000225. The number of carbonyl (C=O) groups excluding carboxylic acids is 1. The van der Waals surface area contributed by atoms with Gasteiger partial charge in [0.1, 0.15) is 0 Å². The quantitative estimate of drug-likeness (QED) is 0.803. The highest BCUT2D eigenvalue weighted by Crippen LogP contribution is 2.28. The van der Waals surface area contributed by atoms with Crippen LogP contribution in [0.4, 0.5) is 5.69 Å². The Labute approximate surface area is 155 Å². The standard InChI is InChI=1S/C20H24N2O2.ClH/c21-18-11-5-4-9-16(18)13-20(24)22-12-6-10-17(22)14-19(23)15-7-2-1-3-8-15;/h1-5,7-9,11,17,19,23H,6,10,12-14,21H2;1H. The lowest BCUT2D eigenvalue weighted by Crippen LogP contribution is -2.37. The smallest absolute Gasteiger partial charge is 0.227 e. The van der Waals surface area contributed by atoms with Crippen LogP contribution in [0.3, 0.4) is 0 Å². The van der Waals surface area contributed by atoms with Crippen LogP contribution in [-0.2, 0) is 11.2 Å². The predicted octanol–water partition coefficient (Wildman–Crippen LogP) is 3.35. The number of amides is 1. The lowest BCUT2D eigenvalue weighted by Gasteiger charge is -2.27. The Bertz CT molecular complexity index is 693. The fourth-order valence-electron chi connectivity index (χ4n) is 3.44. The van der Waals surface area contributed by atoms with E-state index in [-0.39, 0.29) is 24.4 Å². The Morgan fingerprint density at radius 3 is 2.56 bits per heavy atom. The first-order valence-corrected chi connectivity index (χ1v) is 8.51. The van der Waals surface area contributed by atoms with E-state index in [0.29, 0.717) is 18.5 Å². The highest BCUT2D eigenvalue weighted by molar-refractivity contribution is 5.85. The molecule has 1 saturated heterocycles. The fourth-order valence-corrected chi connectivity index (χ4v) is 3.44. The van der Waals surface area contributed by atoms with E-state index >= 15 is 0 Å². The molecule has 5 heteroatoms. The maximum atomic E-state index is 12.7. The molecule has 3 rings (SSSR count). The van der Waals surface area contributed by atoms with Crippen molar-refractivity contribution in [3.05, 3.63) is 65.7 Å². The summed E-state index contributed by atoms with van der Waals surface area (Å²) >= 11 is 0. The van der Waals surface area contributed by atoms with Crippen molar-refractivity contribution < 1.29 is 9.90 Å². The minimum Gasteiger partial charge on any atom is -0.398 e. The molecule has 0 aromatic heterocycles. The van der Waals surface area contributed by atoms with Crippen LogP contribution in [0, 0.1) is 0 Å². The molecule has 0 aliphatic carbocycles. The third-order valence-corrected chi connectivity index (χ3v) is 4.77. The van der Waals surface area contributed by atoms with Crippen LogP contribution in [-0.4, -0.2) is 28.5 Å². The van der Waals surface area contributed by atoms with Crippen molar-refractivity contribution in [2.75, 3.05) is 12.3 Å². The number of para-hydroxylation sites is 1. The third kappa shape index (κ3) is 4.74. The van der Waals surface area contributed by atoms with Gasteiger partial charge in [0.25, 0.3) is 0 Å². The van der Waals surface area contributed by atoms with Crippen LogP contribution in [0.1, 0.15) is 36.5 Å². The lowest BCUT2D eigenvalue weighted by molar-refractivity contribution is -0.131. The molecule has 0 spiro atoms. The molecule has 2 unspecified atom stereocenters. The number of likely N-dealkylation sites (tertiary alicyclic amines) is 1. The normalized spacial score (nSPS) is 17.8. The largest absolute Gasteiger partial charge is 0.398 e. The van der Waals surface area contributed by atoms with Crippen LogP contribution in [0.25, 0.3) is 0 Å². The van der Waals surface area contributed by atoms with Gasteiger partial charge in [-0.15, -0.1) is 12.4 Å². The molecule has 0 bridgehead atoms. The van der Waals surface area contributed by atoms with Gasteiger partial charge in [0.15, 0.2) is 0 Å². The first-order valence-electron chi connectivity index (χ1n) is 8.51. The van der Waals surface area contributed by atoms with Crippen molar-refractivity contribution in [1.82, 2.24) is 4.90 Å². The number of anilines is 1. The van der Waals surface area contributed by atoms with Crippen LogP contribution in [0.2, 0.25) is 0 Å². The minimum atomic E-state index is -0.536. The second-order valence-corrected chi connectivity index (χ2v) is 6.42. The monoisotopic (exact) mass is 360 g/mol. The van der Waals surface area contributed by atoms with Crippen molar-refractivity contribution in [3.8, 4) is 0 Å². The highest BCUT2D eigenvalue weighted by atomic mass is 35.5. The zero-order valence-electron chi connectivity index (χ0n) is 14.2. The molecule has 3 N–H and O–H groups in total. The number of benzene rings is 2. The first-order chi connectivity index (χ1) is 11.6. The summed E-state index contributed by atoms with van der Waals surface area (Å²) in [6.45, 7) is 0.762. The van der Waals surface area contributed by atoms with Gasteiger partial charge in [0.05, 0.1) is 12.5 Å². The summed E-state index contributed by atoms with van der Waals surface area (Å²) < 4.78 is 0. The summed E-state index contributed by atoms with van der Waals surface area (Å²) in [5, 5.41) is 10.5. The van der Waals surface area contributed by atoms with Gasteiger partial charge in [0, 0.05) is 18.3 Å². The number of aliphatic hydroxyl groups is 1. The number of carbonyl (C=O) groups is 1. The molecule has 2 aromatic rings. The topological polar surface area (TPSA) is 66.6 Å². The molecule has 2 atom stereocenters. The Morgan fingerprint density at radius 1 is 1.16 bits per heavy atom. The number of nitrogens with zero attached hydrogens (tertiary/aromatic N) is 1. The van der Waals surface area contributed by atoms with Crippen molar-refractivity contribution in [2.24, 2.45) is 0 Å². The zero-order valence-corrected chi connectivity index (χ0v) is 15.0. The molecule has 1 amide bonds. The van der Waals surface area contributed by atoms with E-state index in [1.54, 1.807) is 0 Å². The van der Waals surface area contributed by atoms with Crippen LogP contribution >= 0.6 is 12.4 Å². The van der Waals surface area contributed by atoms with Gasteiger partial charge in [-0.2, -0.15) is 0 Å². The number of hydrogen-bond acceptors (Lipinski definition) is 3. The van der Waals surface area contributed by atoms with E-state index in [4.69, 9.17) is 5.73 Å². The Morgan fingerprint density at radius 2 is 1.84 bits per heavy atom.